The minimum Gasteiger partial charge on any atom is -0.460 e. The van der Waals surface area contributed by atoms with Crippen molar-refractivity contribution in [3.05, 3.63) is 154 Å². The zero-order valence-electron chi connectivity index (χ0n) is 38.7. The third-order valence-electron chi connectivity index (χ3n) is 9.67. The molecule has 7 nitrogen and oxygen atoms in total. The largest absolute Gasteiger partial charge is 0.460 e. The topological polar surface area (TPSA) is 147 Å². The van der Waals surface area contributed by atoms with Gasteiger partial charge in [0.15, 0.2) is 0 Å². The summed E-state index contributed by atoms with van der Waals surface area (Å²) in [7, 11) is 0. The Morgan fingerprint density at radius 1 is 0.467 bits per heavy atom. The van der Waals surface area contributed by atoms with Crippen LogP contribution in [-0.2, 0) is 14.3 Å². The maximum absolute atomic E-state index is 12.3. The molecular weight excluding hydrogens is 741 g/mol. The lowest BCUT2D eigenvalue weighted by Gasteiger charge is -2.11. The van der Waals surface area contributed by atoms with E-state index in [0.29, 0.717) is 25.9 Å². The predicted molar refractivity (Wildman–Crippen MR) is 261 cm³/mol. The molecule has 0 radical (unpaired) electrons. The molecular formula is C53H82N4O3. The lowest BCUT2D eigenvalue weighted by Crippen LogP contribution is -2.32. The second kappa shape index (κ2) is 36.5. The molecule has 0 aliphatic carbocycles. The number of rotatable bonds is 31. The average Bonchev–Trinajstić information content (AvgIpc) is 3.20. The fourth-order valence-electron chi connectivity index (χ4n) is 5.58. The van der Waals surface area contributed by atoms with Crippen molar-refractivity contribution in [1.29, 1.82) is 0 Å². The van der Waals surface area contributed by atoms with E-state index in [-0.39, 0.29) is 24.4 Å². The van der Waals surface area contributed by atoms with Gasteiger partial charge in [0.25, 0.3) is 0 Å². The highest BCUT2D eigenvalue weighted by Crippen LogP contribution is 2.13. The minimum absolute atomic E-state index is 0.152. The van der Waals surface area contributed by atoms with Crippen LogP contribution in [0, 0.1) is 0 Å². The van der Waals surface area contributed by atoms with E-state index in [4.69, 9.17) is 27.7 Å². The highest BCUT2D eigenvalue weighted by atomic mass is 16.5. The number of hydrogen-bond donors (Lipinski definition) is 4. The van der Waals surface area contributed by atoms with Gasteiger partial charge in [0.1, 0.15) is 18.4 Å². The quantitative estimate of drug-likeness (QED) is 0.0235. The number of carbonyl (C=O) groups is 2. The van der Waals surface area contributed by atoms with Crippen LogP contribution in [0.2, 0.25) is 0 Å². The van der Waals surface area contributed by atoms with Gasteiger partial charge < -0.3 is 27.7 Å². The van der Waals surface area contributed by atoms with Crippen LogP contribution in [-0.4, -0.2) is 43.5 Å². The van der Waals surface area contributed by atoms with Crippen molar-refractivity contribution in [2.24, 2.45) is 22.9 Å². The van der Waals surface area contributed by atoms with Gasteiger partial charge in [0.05, 0.1) is 6.04 Å². The molecule has 0 aromatic carbocycles. The normalized spacial score (nSPS) is 15.8. The first-order valence-electron chi connectivity index (χ1n) is 22.0. The fourth-order valence-corrected chi connectivity index (χ4v) is 5.58. The number of allylic oxidation sites excluding steroid dienone is 25. The summed E-state index contributed by atoms with van der Waals surface area (Å²) >= 11 is 0. The van der Waals surface area contributed by atoms with Gasteiger partial charge in [0, 0.05) is 6.42 Å². The summed E-state index contributed by atoms with van der Waals surface area (Å²) < 4.78 is 5.36. The summed E-state index contributed by atoms with van der Waals surface area (Å²) in [6, 6.07) is -0.935. The van der Waals surface area contributed by atoms with E-state index >= 15 is 0 Å². The molecule has 60 heavy (non-hydrogen) atoms. The number of carbonyl (C=O) groups excluding carboxylic acids is 2. The maximum atomic E-state index is 12.3. The molecule has 7 heteroatoms. The van der Waals surface area contributed by atoms with Crippen molar-refractivity contribution in [2.45, 2.75) is 145 Å². The van der Waals surface area contributed by atoms with Crippen molar-refractivity contribution in [2.75, 3.05) is 19.7 Å². The number of nitrogens with two attached hydrogens (primary N) is 4. The molecule has 0 saturated carbocycles. The van der Waals surface area contributed by atoms with Crippen molar-refractivity contribution in [1.82, 2.24) is 0 Å². The number of Topliss-reactive ketones (excluding diaryl/α,β-unsaturated/α-hetero) is 1. The monoisotopic (exact) mass is 823 g/mol. The molecule has 0 aromatic heterocycles. The van der Waals surface area contributed by atoms with Gasteiger partial charge in [-0.2, -0.15) is 0 Å². The zero-order valence-corrected chi connectivity index (χ0v) is 38.7. The molecule has 0 spiro atoms. The Labute approximate surface area is 366 Å². The Morgan fingerprint density at radius 3 is 1.32 bits per heavy atom. The molecule has 0 amide bonds. The number of esters is 1. The van der Waals surface area contributed by atoms with Crippen LogP contribution in [0.5, 0.6) is 0 Å². The van der Waals surface area contributed by atoms with E-state index in [9.17, 15) is 9.59 Å². The van der Waals surface area contributed by atoms with Crippen molar-refractivity contribution < 1.29 is 14.3 Å². The molecule has 0 unspecified atom stereocenters. The molecule has 0 fully saturated rings. The highest BCUT2D eigenvalue weighted by Gasteiger charge is 2.14. The van der Waals surface area contributed by atoms with Gasteiger partial charge in [-0.1, -0.05) is 161 Å². The standard InChI is InChI=1S/C53H82N4O3/c1-42(23-15-25-44(3)27-17-29-46(5)31-19-33-48(7)37-38-52(58)50(56)35-11-13-39-54)21-9-10-22-43(2)24-16-26-45(4)28-18-30-47(6)32-20-34-49(8)41-60-53(59)51(57)36-12-14-40-55/h9-10,15-18,21-30,33-34,50-51H,11-14,19-20,31-32,35-41,54-57H2,1-8H3/b10-9+,23-15+,24-16+,27-17+,28-18+,42-21+,43-22+,44-25+,45-26+,46-29+,47-30+,48-33+,49-34+/t50-,51-/m1/s1. The molecule has 332 valence electrons. The summed E-state index contributed by atoms with van der Waals surface area (Å²) in [5.74, 6) is -0.193. The fraction of sp³-hybridized carbons (Fsp3) is 0.472. The Balaban J connectivity index is 4.67. The van der Waals surface area contributed by atoms with E-state index < -0.39 is 6.04 Å². The van der Waals surface area contributed by atoms with Crippen LogP contribution in [0.15, 0.2) is 154 Å². The van der Waals surface area contributed by atoms with E-state index in [1.54, 1.807) is 0 Å². The van der Waals surface area contributed by atoms with Crippen molar-refractivity contribution in [3.8, 4) is 0 Å². The Bertz CT molecular complexity index is 1550. The van der Waals surface area contributed by atoms with Gasteiger partial charge in [-0.05, 0) is 132 Å². The van der Waals surface area contributed by atoms with E-state index in [0.717, 1.165) is 69.8 Å². The van der Waals surface area contributed by atoms with Crippen LogP contribution < -0.4 is 22.9 Å². The average molecular weight is 823 g/mol. The Hall–Kier alpha value is -4.40. The number of ether oxygens (including phenoxy) is 1. The second-order valence-electron chi connectivity index (χ2n) is 16.0. The minimum atomic E-state index is -0.578. The molecule has 0 bridgehead atoms. The molecule has 0 aromatic rings. The Kier molecular flexibility index (Phi) is 33.8. The maximum Gasteiger partial charge on any atom is 0.323 e. The van der Waals surface area contributed by atoms with Crippen molar-refractivity contribution >= 4 is 11.8 Å². The molecule has 0 aliphatic rings. The second-order valence-corrected chi connectivity index (χ2v) is 16.0. The van der Waals surface area contributed by atoms with Gasteiger partial charge in [-0.15, -0.1) is 0 Å². The first-order chi connectivity index (χ1) is 28.7. The first kappa shape index (κ1) is 55.6. The lowest BCUT2D eigenvalue weighted by molar-refractivity contribution is -0.144. The molecule has 2 atom stereocenters. The lowest BCUT2D eigenvalue weighted by atomic mass is 10.00. The zero-order chi connectivity index (χ0) is 45.0. The van der Waals surface area contributed by atoms with Crippen LogP contribution in [0.3, 0.4) is 0 Å². The summed E-state index contributed by atoms with van der Waals surface area (Å²) in [4.78, 5) is 24.3. The molecule has 0 aliphatic heterocycles. The van der Waals surface area contributed by atoms with Gasteiger partial charge in [-0.25, -0.2) is 0 Å². The van der Waals surface area contributed by atoms with Crippen LogP contribution >= 0.6 is 0 Å². The summed E-state index contributed by atoms with van der Waals surface area (Å²) in [6.45, 7) is 18.3. The van der Waals surface area contributed by atoms with E-state index in [1.165, 1.54) is 39.0 Å². The molecule has 8 N–H and O–H groups in total. The number of ketones is 1. The van der Waals surface area contributed by atoms with Gasteiger partial charge in [-0.3, -0.25) is 9.59 Å². The van der Waals surface area contributed by atoms with Crippen LogP contribution in [0.25, 0.3) is 0 Å². The highest BCUT2D eigenvalue weighted by molar-refractivity contribution is 5.83. The van der Waals surface area contributed by atoms with Crippen LogP contribution in [0.1, 0.15) is 132 Å². The molecule has 0 rings (SSSR count). The number of hydrogen-bond acceptors (Lipinski definition) is 7. The van der Waals surface area contributed by atoms with Crippen molar-refractivity contribution in [3.63, 3.8) is 0 Å². The van der Waals surface area contributed by atoms with Gasteiger partial charge >= 0.3 is 5.97 Å². The summed E-state index contributed by atoms with van der Waals surface area (Å²) in [6.07, 6.45) is 48.0. The summed E-state index contributed by atoms with van der Waals surface area (Å²) in [5.41, 5.74) is 32.5. The van der Waals surface area contributed by atoms with Crippen LogP contribution in [0.4, 0.5) is 0 Å². The van der Waals surface area contributed by atoms with E-state index in [2.05, 4.69) is 158 Å². The number of unbranched alkanes of at least 4 members (excludes halogenated alkanes) is 2. The Morgan fingerprint density at radius 2 is 0.867 bits per heavy atom. The van der Waals surface area contributed by atoms with Gasteiger partial charge in [0.2, 0.25) is 0 Å². The smallest absolute Gasteiger partial charge is 0.323 e. The van der Waals surface area contributed by atoms with E-state index in [1.807, 2.05) is 6.92 Å². The third-order valence-corrected chi connectivity index (χ3v) is 9.67. The molecule has 0 heterocycles. The SMILES string of the molecule is CC(/C=C/C=C(C)/C=C/C=C(\C)CC/C=C(\C)CCC(=O)[C@H](N)CCCCN)=C\C=C\C=C(C)\C=C\C=C(C)\C=C\C=C(/C)CC/C=C(\C)COC(=O)[C@H](N)CCCCN. The summed E-state index contributed by atoms with van der Waals surface area (Å²) in [5, 5.41) is 0. The first-order valence-corrected chi connectivity index (χ1v) is 22.0. The third kappa shape index (κ3) is 33.4. The molecule has 0 saturated heterocycles. The predicted octanol–water partition coefficient (Wildman–Crippen LogP) is 11.7.